The van der Waals surface area contributed by atoms with Gasteiger partial charge < -0.3 is 5.73 Å². The van der Waals surface area contributed by atoms with Gasteiger partial charge in [0.05, 0.1) is 16.5 Å². The summed E-state index contributed by atoms with van der Waals surface area (Å²) >= 11 is 0. The summed E-state index contributed by atoms with van der Waals surface area (Å²) in [4.78, 5) is 52.4. The molecular formula is C22H20N4O4. The summed E-state index contributed by atoms with van der Waals surface area (Å²) in [7, 11) is 0. The Kier molecular flexibility index (Phi) is 4.69. The Hall–Kier alpha value is -3.81. The average Bonchev–Trinajstić information content (AvgIpc) is 2.98. The maximum Gasteiger partial charge on any atom is 0.288 e. The number of imide groups is 3. The number of aryl methyl sites for hydroxylation is 1. The third kappa shape index (κ3) is 2.97. The fourth-order valence-electron chi connectivity index (χ4n) is 3.53. The van der Waals surface area contributed by atoms with E-state index in [4.69, 9.17) is 5.73 Å². The molecule has 152 valence electrons. The van der Waals surface area contributed by atoms with E-state index in [-0.39, 0.29) is 33.5 Å². The van der Waals surface area contributed by atoms with Crippen LogP contribution in [0.4, 0.5) is 5.69 Å². The second-order valence-electron chi connectivity index (χ2n) is 7.63. The van der Waals surface area contributed by atoms with Crippen LogP contribution in [0, 0.1) is 5.92 Å². The van der Waals surface area contributed by atoms with Crippen LogP contribution >= 0.6 is 0 Å². The summed E-state index contributed by atoms with van der Waals surface area (Å²) in [6.07, 6.45) is 0.683. The largest absolute Gasteiger partial charge is 0.398 e. The van der Waals surface area contributed by atoms with E-state index >= 15 is 0 Å². The first-order chi connectivity index (χ1) is 14.3. The molecule has 1 aliphatic rings. The second kappa shape index (κ2) is 7.22. The number of nitrogens with zero attached hydrogens (tertiary/aromatic N) is 3. The highest BCUT2D eigenvalue weighted by atomic mass is 16.2. The highest BCUT2D eigenvalue weighted by molar-refractivity contribution is 6.33. The van der Waals surface area contributed by atoms with E-state index < -0.39 is 17.7 Å². The smallest absolute Gasteiger partial charge is 0.288 e. The number of benzene rings is 2. The van der Waals surface area contributed by atoms with Crippen LogP contribution in [-0.2, 0) is 6.54 Å². The summed E-state index contributed by atoms with van der Waals surface area (Å²) in [5.74, 6) is -2.10. The molecule has 4 rings (SSSR count). The molecule has 0 saturated heterocycles. The Morgan fingerprint density at radius 1 is 1.00 bits per heavy atom. The third-order valence-electron chi connectivity index (χ3n) is 5.14. The molecule has 1 aromatic heterocycles. The predicted octanol–water partition coefficient (Wildman–Crippen LogP) is 2.46. The molecule has 0 atom stereocenters. The van der Waals surface area contributed by atoms with Crippen molar-refractivity contribution in [1.29, 1.82) is 0 Å². The monoisotopic (exact) mass is 404 g/mol. The second-order valence-corrected chi connectivity index (χ2v) is 7.63. The van der Waals surface area contributed by atoms with Gasteiger partial charge in [-0.2, -0.15) is 5.10 Å². The highest BCUT2D eigenvalue weighted by Crippen LogP contribution is 2.29. The van der Waals surface area contributed by atoms with Crippen molar-refractivity contribution in [3.8, 4) is 0 Å². The number of nitrogen functional groups attached to an aromatic ring is 1. The van der Waals surface area contributed by atoms with Crippen molar-refractivity contribution in [3.63, 3.8) is 0 Å². The molecule has 3 amide bonds. The Morgan fingerprint density at radius 2 is 1.70 bits per heavy atom. The molecule has 30 heavy (non-hydrogen) atoms. The van der Waals surface area contributed by atoms with Crippen molar-refractivity contribution in [2.75, 3.05) is 5.73 Å². The van der Waals surface area contributed by atoms with Crippen LogP contribution in [0.15, 0.2) is 47.3 Å². The Bertz CT molecular complexity index is 1280. The van der Waals surface area contributed by atoms with Crippen molar-refractivity contribution >= 4 is 34.2 Å². The number of amides is 3. The summed E-state index contributed by atoms with van der Waals surface area (Å²) in [6, 6.07) is 11.0. The van der Waals surface area contributed by atoms with Crippen LogP contribution in [-0.4, -0.2) is 32.4 Å². The lowest BCUT2D eigenvalue weighted by molar-refractivity contribution is 0.0563. The number of hydrogen-bond donors (Lipinski definition) is 1. The molecule has 2 heterocycles. The molecule has 0 saturated carbocycles. The first kappa shape index (κ1) is 19.5. The van der Waals surface area contributed by atoms with Crippen LogP contribution in [0.1, 0.15) is 51.5 Å². The van der Waals surface area contributed by atoms with Crippen LogP contribution in [0.25, 0.3) is 10.8 Å². The SMILES string of the molecule is CC(C)CCn1nc(C(=O)N2C(=O)c3cccc(N)c3C2=O)c2ccccc2c1=O. The lowest BCUT2D eigenvalue weighted by atomic mass is 10.1. The standard InChI is InChI=1S/C22H20N4O4/c1-12(2)10-11-25-19(27)14-7-4-3-6-13(14)18(24-25)22(30)26-20(28)15-8-5-9-16(23)17(15)21(26)29/h3-9,12H,10-11,23H2,1-2H3. The molecule has 0 unspecified atom stereocenters. The zero-order chi connectivity index (χ0) is 21.6. The number of aromatic nitrogens is 2. The van der Waals surface area contributed by atoms with Crippen molar-refractivity contribution in [3.05, 3.63) is 69.6 Å². The quantitative estimate of drug-likeness (QED) is 0.528. The molecule has 2 aromatic carbocycles. The van der Waals surface area contributed by atoms with E-state index in [0.29, 0.717) is 29.2 Å². The van der Waals surface area contributed by atoms with Gasteiger partial charge in [-0.1, -0.05) is 38.1 Å². The van der Waals surface area contributed by atoms with Gasteiger partial charge >= 0.3 is 0 Å². The van der Waals surface area contributed by atoms with Crippen molar-refractivity contribution < 1.29 is 14.4 Å². The topological polar surface area (TPSA) is 115 Å². The molecule has 0 spiro atoms. The number of anilines is 1. The minimum absolute atomic E-state index is 0.00767. The van der Waals surface area contributed by atoms with Gasteiger partial charge in [0, 0.05) is 17.6 Å². The van der Waals surface area contributed by atoms with Crippen molar-refractivity contribution in [2.45, 2.75) is 26.8 Å². The normalized spacial score (nSPS) is 13.4. The Morgan fingerprint density at radius 3 is 2.37 bits per heavy atom. The van der Waals surface area contributed by atoms with Crippen LogP contribution in [0.3, 0.4) is 0 Å². The molecule has 0 fully saturated rings. The molecule has 2 N–H and O–H groups in total. The van der Waals surface area contributed by atoms with Gasteiger partial charge in [0.25, 0.3) is 23.3 Å². The van der Waals surface area contributed by atoms with Crippen LogP contribution in [0.5, 0.6) is 0 Å². The summed E-state index contributed by atoms with van der Waals surface area (Å²) in [5, 5.41) is 4.84. The highest BCUT2D eigenvalue weighted by Gasteiger charge is 2.42. The van der Waals surface area contributed by atoms with Gasteiger partial charge in [0.1, 0.15) is 0 Å². The molecule has 8 nitrogen and oxygen atoms in total. The first-order valence-electron chi connectivity index (χ1n) is 9.62. The molecule has 0 aliphatic carbocycles. The fraction of sp³-hybridized carbons (Fsp3) is 0.227. The predicted molar refractivity (Wildman–Crippen MR) is 111 cm³/mol. The van der Waals surface area contributed by atoms with E-state index in [0.717, 1.165) is 0 Å². The number of fused-ring (bicyclic) bond motifs is 2. The van der Waals surface area contributed by atoms with Gasteiger partial charge in [-0.3, -0.25) is 19.2 Å². The molecule has 8 heteroatoms. The van der Waals surface area contributed by atoms with Gasteiger partial charge in [0.2, 0.25) is 0 Å². The lowest BCUT2D eigenvalue weighted by Crippen LogP contribution is -2.38. The zero-order valence-electron chi connectivity index (χ0n) is 16.6. The van der Waals surface area contributed by atoms with E-state index in [9.17, 15) is 19.2 Å². The van der Waals surface area contributed by atoms with E-state index in [1.807, 2.05) is 13.8 Å². The number of nitrogens with two attached hydrogens (primary N) is 1. The Labute approximate surface area is 171 Å². The number of hydrogen-bond acceptors (Lipinski definition) is 6. The minimum Gasteiger partial charge on any atom is -0.398 e. The van der Waals surface area contributed by atoms with Crippen molar-refractivity contribution in [1.82, 2.24) is 14.7 Å². The molecule has 1 aliphatic heterocycles. The van der Waals surface area contributed by atoms with Crippen LogP contribution in [0.2, 0.25) is 0 Å². The molecular weight excluding hydrogens is 384 g/mol. The first-order valence-corrected chi connectivity index (χ1v) is 9.62. The van der Waals surface area contributed by atoms with Gasteiger partial charge in [0.15, 0.2) is 5.69 Å². The Balaban J connectivity index is 1.85. The van der Waals surface area contributed by atoms with Gasteiger partial charge in [-0.05, 0) is 30.5 Å². The van der Waals surface area contributed by atoms with Gasteiger partial charge in [-0.25, -0.2) is 9.58 Å². The summed E-state index contributed by atoms with van der Waals surface area (Å²) < 4.78 is 1.22. The van der Waals surface area contributed by atoms with E-state index in [2.05, 4.69) is 5.10 Å². The maximum atomic E-state index is 13.3. The lowest BCUT2D eigenvalue weighted by Gasteiger charge is -2.15. The van der Waals surface area contributed by atoms with Crippen LogP contribution < -0.4 is 11.3 Å². The number of rotatable bonds is 4. The number of carbonyl (C=O) groups is 3. The van der Waals surface area contributed by atoms with E-state index in [1.165, 1.54) is 16.8 Å². The average molecular weight is 404 g/mol. The van der Waals surface area contributed by atoms with E-state index in [1.54, 1.807) is 30.3 Å². The molecule has 0 radical (unpaired) electrons. The maximum absolute atomic E-state index is 13.3. The molecule has 0 bridgehead atoms. The number of carbonyl (C=O) groups excluding carboxylic acids is 3. The summed E-state index contributed by atoms with van der Waals surface area (Å²) in [6.45, 7) is 4.35. The third-order valence-corrected chi connectivity index (χ3v) is 5.14. The summed E-state index contributed by atoms with van der Waals surface area (Å²) in [5.41, 5.74) is 5.62. The fourth-order valence-corrected chi connectivity index (χ4v) is 3.53. The zero-order valence-corrected chi connectivity index (χ0v) is 16.6. The van der Waals surface area contributed by atoms with Gasteiger partial charge in [-0.15, -0.1) is 0 Å². The molecule has 3 aromatic rings. The van der Waals surface area contributed by atoms with Crippen molar-refractivity contribution in [2.24, 2.45) is 5.92 Å². The minimum atomic E-state index is -0.880.